The number of fused-ring (bicyclic) bond motifs is 2. The van der Waals surface area contributed by atoms with Crippen LogP contribution in [0.3, 0.4) is 0 Å². The van der Waals surface area contributed by atoms with Crippen LogP contribution in [0.2, 0.25) is 10.0 Å². The second-order valence-electron chi connectivity index (χ2n) is 6.15. The van der Waals surface area contributed by atoms with Crippen LogP contribution in [0.5, 0.6) is 0 Å². The molecule has 0 aliphatic carbocycles. The predicted octanol–water partition coefficient (Wildman–Crippen LogP) is 4.38. The molecule has 0 N–H and O–H groups in total. The summed E-state index contributed by atoms with van der Waals surface area (Å²) in [6.07, 6.45) is 1.72. The zero-order valence-corrected chi connectivity index (χ0v) is 16.2. The summed E-state index contributed by atoms with van der Waals surface area (Å²) < 4.78 is 7.09. The summed E-state index contributed by atoms with van der Waals surface area (Å²) in [4.78, 5) is 30.8. The number of hydrogen-bond donors (Lipinski definition) is 0. The van der Waals surface area contributed by atoms with Gasteiger partial charge in [-0.15, -0.1) is 11.3 Å². The van der Waals surface area contributed by atoms with E-state index in [2.05, 4.69) is 4.98 Å². The van der Waals surface area contributed by atoms with E-state index in [1.54, 1.807) is 29.7 Å². The van der Waals surface area contributed by atoms with E-state index in [0.717, 1.165) is 24.2 Å². The van der Waals surface area contributed by atoms with Gasteiger partial charge >= 0.3 is 5.97 Å². The number of hydrogen-bond acceptors (Lipinski definition) is 5. The Balaban J connectivity index is 1.63. The van der Waals surface area contributed by atoms with E-state index in [0.29, 0.717) is 37.2 Å². The fraction of sp³-hybridized carbons (Fsp3) is 0.278. The average Bonchev–Trinajstić information content (AvgIpc) is 3.21. The number of aryl methyl sites for hydroxylation is 2. The fourth-order valence-electron chi connectivity index (χ4n) is 3.11. The topological polar surface area (TPSA) is 61.2 Å². The smallest absolute Gasteiger partial charge is 0.349 e. The SMILES string of the molecule is Cc1c(C(=O)OCc2ccc(Cl)c(Cl)c2)sc2nc3n(c(=O)c12)CCC3. The molecule has 0 saturated heterocycles. The number of nitrogens with zero attached hydrogens (tertiary/aromatic N) is 2. The zero-order chi connectivity index (χ0) is 18.4. The van der Waals surface area contributed by atoms with Gasteiger partial charge in [0.1, 0.15) is 22.1 Å². The fourth-order valence-corrected chi connectivity index (χ4v) is 4.52. The molecule has 0 radical (unpaired) electrons. The highest BCUT2D eigenvalue weighted by Gasteiger charge is 2.24. The van der Waals surface area contributed by atoms with Gasteiger partial charge in [0.15, 0.2) is 0 Å². The van der Waals surface area contributed by atoms with Gasteiger partial charge in [-0.25, -0.2) is 9.78 Å². The van der Waals surface area contributed by atoms with Gasteiger partial charge in [-0.2, -0.15) is 0 Å². The van der Waals surface area contributed by atoms with Crippen molar-refractivity contribution in [1.82, 2.24) is 9.55 Å². The maximum absolute atomic E-state index is 12.7. The Labute approximate surface area is 163 Å². The molecule has 8 heteroatoms. The molecular weight excluding hydrogens is 395 g/mol. The van der Waals surface area contributed by atoms with Crippen molar-refractivity contribution in [2.75, 3.05) is 0 Å². The second kappa shape index (κ2) is 6.68. The summed E-state index contributed by atoms with van der Waals surface area (Å²) in [6, 6.07) is 5.06. The molecule has 2 aromatic heterocycles. The van der Waals surface area contributed by atoms with E-state index in [9.17, 15) is 9.59 Å². The minimum Gasteiger partial charge on any atom is -0.457 e. The number of carbonyl (C=O) groups is 1. The maximum atomic E-state index is 12.7. The Bertz CT molecular complexity index is 1100. The zero-order valence-electron chi connectivity index (χ0n) is 13.8. The lowest BCUT2D eigenvalue weighted by molar-refractivity contribution is 0.0478. The Hall–Kier alpha value is -1.89. The third-order valence-corrected chi connectivity index (χ3v) is 6.36. The first-order valence-corrected chi connectivity index (χ1v) is 9.67. The molecule has 134 valence electrons. The van der Waals surface area contributed by atoms with Crippen molar-refractivity contribution in [3.8, 4) is 0 Å². The number of esters is 1. The Morgan fingerprint density at radius 2 is 2.15 bits per heavy atom. The van der Waals surface area contributed by atoms with Crippen molar-refractivity contribution in [1.29, 1.82) is 0 Å². The minimum atomic E-state index is -0.471. The predicted molar refractivity (Wildman–Crippen MR) is 103 cm³/mol. The van der Waals surface area contributed by atoms with Crippen molar-refractivity contribution in [3.05, 3.63) is 60.4 Å². The molecule has 5 nitrogen and oxygen atoms in total. The second-order valence-corrected chi connectivity index (χ2v) is 7.96. The summed E-state index contributed by atoms with van der Waals surface area (Å²) >= 11 is 13.1. The summed E-state index contributed by atoms with van der Waals surface area (Å²) in [6.45, 7) is 2.52. The number of benzene rings is 1. The van der Waals surface area contributed by atoms with E-state index < -0.39 is 5.97 Å². The van der Waals surface area contributed by atoms with E-state index in [-0.39, 0.29) is 12.2 Å². The molecule has 3 heterocycles. The Morgan fingerprint density at radius 3 is 2.92 bits per heavy atom. The molecule has 0 spiro atoms. The van der Waals surface area contributed by atoms with E-state index in [1.807, 2.05) is 0 Å². The van der Waals surface area contributed by atoms with Crippen molar-refractivity contribution >= 4 is 50.7 Å². The third kappa shape index (κ3) is 2.92. The average molecular weight is 409 g/mol. The lowest BCUT2D eigenvalue weighted by Crippen LogP contribution is -2.20. The molecule has 0 unspecified atom stereocenters. The summed E-state index contributed by atoms with van der Waals surface area (Å²) in [5.74, 6) is 0.320. The van der Waals surface area contributed by atoms with Gasteiger partial charge < -0.3 is 4.74 Å². The molecular formula is C18H14Cl2N2O3S. The first-order chi connectivity index (χ1) is 12.5. The van der Waals surface area contributed by atoms with Crippen LogP contribution in [0.4, 0.5) is 0 Å². The highest BCUT2D eigenvalue weighted by Crippen LogP contribution is 2.29. The number of aromatic nitrogens is 2. The minimum absolute atomic E-state index is 0.0696. The molecule has 4 rings (SSSR count). The lowest BCUT2D eigenvalue weighted by atomic mass is 10.2. The lowest BCUT2D eigenvalue weighted by Gasteiger charge is -2.05. The quantitative estimate of drug-likeness (QED) is 0.603. The largest absolute Gasteiger partial charge is 0.457 e. The van der Waals surface area contributed by atoms with Crippen LogP contribution in [0, 0.1) is 6.92 Å². The molecule has 0 atom stereocenters. The van der Waals surface area contributed by atoms with Crippen LogP contribution < -0.4 is 5.56 Å². The highest BCUT2D eigenvalue weighted by molar-refractivity contribution is 7.20. The van der Waals surface area contributed by atoms with Crippen LogP contribution in [0.1, 0.15) is 33.0 Å². The highest BCUT2D eigenvalue weighted by atomic mass is 35.5. The molecule has 1 aromatic carbocycles. The van der Waals surface area contributed by atoms with Gasteiger partial charge in [-0.05, 0) is 36.6 Å². The molecule has 1 aliphatic heterocycles. The van der Waals surface area contributed by atoms with E-state index in [4.69, 9.17) is 27.9 Å². The molecule has 0 fully saturated rings. The molecule has 0 saturated carbocycles. The number of thiophene rings is 1. The van der Waals surface area contributed by atoms with Gasteiger partial charge in [-0.3, -0.25) is 9.36 Å². The van der Waals surface area contributed by atoms with Crippen molar-refractivity contribution in [2.45, 2.75) is 32.9 Å². The van der Waals surface area contributed by atoms with E-state index in [1.165, 1.54) is 11.3 Å². The first kappa shape index (κ1) is 17.5. The van der Waals surface area contributed by atoms with Gasteiger partial charge in [-0.1, -0.05) is 29.3 Å². The summed E-state index contributed by atoms with van der Waals surface area (Å²) in [5.41, 5.74) is 1.30. The molecule has 1 aliphatic rings. The Kier molecular flexibility index (Phi) is 4.50. The number of carbonyl (C=O) groups excluding carboxylic acids is 1. The summed E-state index contributed by atoms with van der Waals surface area (Å²) in [5, 5.41) is 1.37. The van der Waals surface area contributed by atoms with Crippen LogP contribution in [-0.4, -0.2) is 15.5 Å². The molecule has 0 bridgehead atoms. The van der Waals surface area contributed by atoms with Gasteiger partial charge in [0.2, 0.25) is 0 Å². The normalized spacial score (nSPS) is 13.2. The number of halogens is 2. The first-order valence-electron chi connectivity index (χ1n) is 8.09. The Morgan fingerprint density at radius 1 is 1.35 bits per heavy atom. The molecule has 26 heavy (non-hydrogen) atoms. The van der Waals surface area contributed by atoms with Gasteiger partial charge in [0, 0.05) is 13.0 Å². The van der Waals surface area contributed by atoms with E-state index >= 15 is 0 Å². The van der Waals surface area contributed by atoms with Crippen LogP contribution in [0.25, 0.3) is 10.2 Å². The third-order valence-electron chi connectivity index (χ3n) is 4.45. The van der Waals surface area contributed by atoms with Crippen LogP contribution >= 0.6 is 34.5 Å². The van der Waals surface area contributed by atoms with Crippen molar-refractivity contribution in [3.63, 3.8) is 0 Å². The molecule has 0 amide bonds. The molecule has 3 aromatic rings. The maximum Gasteiger partial charge on any atom is 0.349 e. The summed E-state index contributed by atoms with van der Waals surface area (Å²) in [7, 11) is 0. The van der Waals surface area contributed by atoms with Gasteiger partial charge in [0.05, 0.1) is 15.4 Å². The van der Waals surface area contributed by atoms with Crippen LogP contribution in [0.15, 0.2) is 23.0 Å². The standard InChI is InChI=1S/C18H14Cl2N2O3S/c1-9-14-16(21-13-3-2-6-22(13)17(14)23)26-15(9)18(24)25-8-10-4-5-11(19)12(20)7-10/h4-5,7H,2-3,6,8H2,1H3. The number of ether oxygens (including phenoxy) is 1. The number of rotatable bonds is 3. The monoisotopic (exact) mass is 408 g/mol. The van der Waals surface area contributed by atoms with Crippen molar-refractivity contribution in [2.24, 2.45) is 0 Å². The van der Waals surface area contributed by atoms with Crippen LogP contribution in [-0.2, 0) is 24.3 Å². The van der Waals surface area contributed by atoms with Gasteiger partial charge in [0.25, 0.3) is 5.56 Å². The van der Waals surface area contributed by atoms with Crippen molar-refractivity contribution < 1.29 is 9.53 Å².